The van der Waals surface area contributed by atoms with Crippen LogP contribution in [0.25, 0.3) is 0 Å². The SMILES string of the molecule is CCC(CCc1sc(C)cc1C)Nc1nc(C)nc(NC(C)=O)n1. The summed E-state index contributed by atoms with van der Waals surface area (Å²) in [6.07, 6.45) is 3.03. The quantitative estimate of drug-likeness (QED) is 0.799. The van der Waals surface area contributed by atoms with Gasteiger partial charge >= 0.3 is 0 Å². The molecule has 0 saturated carbocycles. The van der Waals surface area contributed by atoms with E-state index in [4.69, 9.17) is 0 Å². The highest BCUT2D eigenvalue weighted by Crippen LogP contribution is 2.23. The number of thiophene rings is 1. The molecular weight excluding hydrogens is 322 g/mol. The lowest BCUT2D eigenvalue weighted by atomic mass is 10.1. The minimum absolute atomic E-state index is 0.192. The number of carbonyl (C=O) groups is 1. The summed E-state index contributed by atoms with van der Waals surface area (Å²) in [5.74, 6) is 1.19. The van der Waals surface area contributed by atoms with Gasteiger partial charge in [0.1, 0.15) is 5.82 Å². The fourth-order valence-corrected chi connectivity index (χ4v) is 3.63. The molecule has 6 nitrogen and oxygen atoms in total. The number of rotatable bonds is 7. The molecule has 0 aliphatic heterocycles. The zero-order valence-corrected chi connectivity index (χ0v) is 15.8. The first-order valence-electron chi connectivity index (χ1n) is 8.20. The van der Waals surface area contributed by atoms with E-state index in [-0.39, 0.29) is 17.9 Å². The third kappa shape index (κ3) is 5.26. The van der Waals surface area contributed by atoms with Gasteiger partial charge in [0, 0.05) is 22.7 Å². The minimum Gasteiger partial charge on any atom is -0.351 e. The van der Waals surface area contributed by atoms with E-state index in [2.05, 4.69) is 52.4 Å². The zero-order valence-electron chi connectivity index (χ0n) is 14.9. The van der Waals surface area contributed by atoms with E-state index in [1.165, 1.54) is 22.2 Å². The van der Waals surface area contributed by atoms with Crippen molar-refractivity contribution in [1.82, 2.24) is 15.0 Å². The highest BCUT2D eigenvalue weighted by Gasteiger charge is 2.12. The highest BCUT2D eigenvalue weighted by atomic mass is 32.1. The normalized spacial score (nSPS) is 12.0. The Morgan fingerprint density at radius 3 is 2.50 bits per heavy atom. The summed E-state index contributed by atoms with van der Waals surface area (Å²) in [6.45, 7) is 9.69. The average Bonchev–Trinajstić information content (AvgIpc) is 2.80. The van der Waals surface area contributed by atoms with Crippen LogP contribution in [0.5, 0.6) is 0 Å². The predicted octanol–water partition coefficient (Wildman–Crippen LogP) is 3.64. The number of aryl methyl sites for hydroxylation is 4. The van der Waals surface area contributed by atoms with Crippen molar-refractivity contribution in [3.8, 4) is 0 Å². The Balaban J connectivity index is 2.02. The first-order chi connectivity index (χ1) is 11.4. The van der Waals surface area contributed by atoms with E-state index >= 15 is 0 Å². The Morgan fingerprint density at radius 2 is 1.92 bits per heavy atom. The fourth-order valence-electron chi connectivity index (χ4n) is 2.56. The Kier molecular flexibility index (Phi) is 6.25. The molecule has 0 aromatic carbocycles. The molecule has 0 fully saturated rings. The van der Waals surface area contributed by atoms with Crippen LogP contribution in [0.4, 0.5) is 11.9 Å². The molecule has 2 heterocycles. The van der Waals surface area contributed by atoms with Crippen molar-refractivity contribution in [2.24, 2.45) is 0 Å². The van der Waals surface area contributed by atoms with Crippen molar-refractivity contribution < 1.29 is 4.79 Å². The Morgan fingerprint density at radius 1 is 1.21 bits per heavy atom. The summed E-state index contributed by atoms with van der Waals surface area (Å²) in [7, 11) is 0. The molecule has 1 atom stereocenters. The van der Waals surface area contributed by atoms with Gasteiger partial charge in [0.2, 0.25) is 17.8 Å². The third-order valence-corrected chi connectivity index (χ3v) is 4.94. The molecule has 130 valence electrons. The van der Waals surface area contributed by atoms with Crippen molar-refractivity contribution >= 4 is 29.1 Å². The summed E-state index contributed by atoms with van der Waals surface area (Å²) >= 11 is 1.87. The number of hydrogen-bond acceptors (Lipinski definition) is 6. The maximum atomic E-state index is 11.2. The lowest BCUT2D eigenvalue weighted by molar-refractivity contribution is -0.114. The van der Waals surface area contributed by atoms with Gasteiger partial charge in [0.05, 0.1) is 0 Å². The number of carbonyl (C=O) groups excluding carboxylic acids is 1. The number of aromatic nitrogens is 3. The fraction of sp³-hybridized carbons (Fsp3) is 0.529. The van der Waals surface area contributed by atoms with E-state index in [1.54, 1.807) is 6.92 Å². The molecule has 2 N–H and O–H groups in total. The van der Waals surface area contributed by atoms with Gasteiger partial charge in [0.25, 0.3) is 0 Å². The molecule has 7 heteroatoms. The molecule has 0 radical (unpaired) electrons. The summed E-state index contributed by atoms with van der Waals surface area (Å²) in [4.78, 5) is 26.7. The Labute approximate surface area is 147 Å². The molecule has 0 aliphatic rings. The average molecular weight is 347 g/mol. The van der Waals surface area contributed by atoms with Gasteiger partial charge in [-0.15, -0.1) is 11.3 Å². The third-order valence-electron chi connectivity index (χ3n) is 3.72. The van der Waals surface area contributed by atoms with Crippen molar-refractivity contribution in [2.45, 2.75) is 59.9 Å². The second-order valence-corrected chi connectivity index (χ2v) is 7.30. The Hall–Kier alpha value is -2.02. The molecule has 24 heavy (non-hydrogen) atoms. The number of nitrogens with one attached hydrogen (secondary N) is 2. The second-order valence-electron chi connectivity index (χ2n) is 5.96. The summed E-state index contributed by atoms with van der Waals surface area (Å²) in [5.41, 5.74) is 1.37. The van der Waals surface area contributed by atoms with E-state index in [1.807, 2.05) is 11.3 Å². The van der Waals surface area contributed by atoms with Crippen molar-refractivity contribution in [3.05, 3.63) is 27.2 Å². The standard InChI is InChI=1S/C17H25N5OS/c1-6-14(7-8-15-10(2)9-11(3)24-15)21-17-19-12(4)18-16(22-17)20-13(5)23/h9,14H,6-8H2,1-5H3,(H2,18,19,20,21,22,23). The van der Waals surface area contributed by atoms with Crippen LogP contribution in [0.3, 0.4) is 0 Å². The monoisotopic (exact) mass is 347 g/mol. The van der Waals surface area contributed by atoms with Gasteiger partial charge in [-0.3, -0.25) is 10.1 Å². The largest absolute Gasteiger partial charge is 0.351 e. The van der Waals surface area contributed by atoms with Crippen molar-refractivity contribution in [1.29, 1.82) is 0 Å². The van der Waals surface area contributed by atoms with E-state index < -0.39 is 0 Å². The Bertz CT molecular complexity index is 713. The van der Waals surface area contributed by atoms with Gasteiger partial charge < -0.3 is 5.32 Å². The molecule has 1 unspecified atom stereocenters. The van der Waals surface area contributed by atoms with Gasteiger partial charge in [0.15, 0.2) is 0 Å². The minimum atomic E-state index is -0.192. The number of amides is 1. The van der Waals surface area contributed by atoms with Gasteiger partial charge in [-0.2, -0.15) is 15.0 Å². The van der Waals surface area contributed by atoms with Crippen molar-refractivity contribution in [3.63, 3.8) is 0 Å². The lowest BCUT2D eigenvalue weighted by Crippen LogP contribution is -2.22. The number of hydrogen-bond donors (Lipinski definition) is 2. The van der Waals surface area contributed by atoms with Crippen LogP contribution >= 0.6 is 11.3 Å². The molecular formula is C17H25N5OS. The highest BCUT2D eigenvalue weighted by molar-refractivity contribution is 7.12. The summed E-state index contributed by atoms with van der Waals surface area (Å²) in [5, 5.41) is 5.98. The second kappa shape index (κ2) is 8.19. The smallest absolute Gasteiger partial charge is 0.234 e. The molecule has 0 saturated heterocycles. The molecule has 2 aromatic rings. The molecule has 2 aromatic heterocycles. The van der Waals surface area contributed by atoms with Gasteiger partial charge in [-0.25, -0.2) is 0 Å². The van der Waals surface area contributed by atoms with Crippen LogP contribution in [-0.4, -0.2) is 26.9 Å². The first kappa shape index (κ1) is 18.3. The summed E-state index contributed by atoms with van der Waals surface area (Å²) in [6, 6.07) is 2.52. The van der Waals surface area contributed by atoms with Crippen molar-refractivity contribution in [2.75, 3.05) is 10.6 Å². The van der Waals surface area contributed by atoms with E-state index in [0.717, 1.165) is 19.3 Å². The maximum absolute atomic E-state index is 11.2. The molecule has 0 spiro atoms. The first-order valence-corrected chi connectivity index (χ1v) is 9.01. The van der Waals surface area contributed by atoms with Gasteiger partial charge in [-0.05, 0) is 51.7 Å². The van der Waals surface area contributed by atoms with Crippen LogP contribution in [-0.2, 0) is 11.2 Å². The van der Waals surface area contributed by atoms with Crippen LogP contribution in [0.2, 0.25) is 0 Å². The van der Waals surface area contributed by atoms with E-state index in [9.17, 15) is 4.79 Å². The topological polar surface area (TPSA) is 79.8 Å². The number of anilines is 2. The molecule has 2 rings (SSSR count). The van der Waals surface area contributed by atoms with Crippen LogP contribution in [0.1, 0.15) is 47.8 Å². The summed E-state index contributed by atoms with van der Waals surface area (Å²) < 4.78 is 0. The number of nitrogens with zero attached hydrogens (tertiary/aromatic N) is 3. The molecule has 1 amide bonds. The van der Waals surface area contributed by atoms with Crippen LogP contribution in [0.15, 0.2) is 6.07 Å². The van der Waals surface area contributed by atoms with Crippen LogP contribution in [0, 0.1) is 20.8 Å². The van der Waals surface area contributed by atoms with Gasteiger partial charge in [-0.1, -0.05) is 6.92 Å². The maximum Gasteiger partial charge on any atom is 0.234 e. The van der Waals surface area contributed by atoms with Crippen LogP contribution < -0.4 is 10.6 Å². The molecule has 0 aliphatic carbocycles. The predicted molar refractivity (Wildman–Crippen MR) is 98.7 cm³/mol. The lowest BCUT2D eigenvalue weighted by Gasteiger charge is -2.17. The van der Waals surface area contributed by atoms with E-state index in [0.29, 0.717) is 11.8 Å². The molecule has 0 bridgehead atoms. The zero-order chi connectivity index (χ0) is 17.7.